The lowest BCUT2D eigenvalue weighted by Gasteiger charge is -2.03. The zero-order valence-electron chi connectivity index (χ0n) is 7.91. The predicted molar refractivity (Wildman–Crippen MR) is 54.9 cm³/mol. The van der Waals surface area contributed by atoms with Gasteiger partial charge in [0.15, 0.2) is 0 Å². The highest BCUT2D eigenvalue weighted by atomic mass is 16.5. The molecule has 2 rings (SSSR count). The van der Waals surface area contributed by atoms with Crippen molar-refractivity contribution >= 4 is 0 Å². The maximum absolute atomic E-state index is 11.1. The fourth-order valence-electron chi connectivity index (χ4n) is 1.44. The Morgan fingerprint density at radius 1 is 1.36 bits per heavy atom. The van der Waals surface area contributed by atoms with Gasteiger partial charge < -0.3 is 9.72 Å². The second kappa shape index (κ2) is 3.54. The lowest BCUT2D eigenvalue weighted by atomic mass is 10.2. The van der Waals surface area contributed by atoms with Crippen LogP contribution < -0.4 is 10.3 Å². The van der Waals surface area contributed by atoms with Crippen molar-refractivity contribution < 1.29 is 4.74 Å². The van der Waals surface area contributed by atoms with Crippen LogP contribution in [0.4, 0.5) is 0 Å². The molecule has 1 aliphatic carbocycles. The third-order valence-electron chi connectivity index (χ3n) is 2.00. The zero-order chi connectivity index (χ0) is 9.97. The minimum absolute atomic E-state index is 0.0906. The van der Waals surface area contributed by atoms with E-state index in [0.29, 0.717) is 6.61 Å². The summed E-state index contributed by atoms with van der Waals surface area (Å²) in [5.41, 5.74) is 1.55. The van der Waals surface area contributed by atoms with Gasteiger partial charge in [-0.2, -0.15) is 0 Å². The first-order chi connectivity index (χ1) is 6.81. The molecule has 0 bridgehead atoms. The van der Waals surface area contributed by atoms with Crippen molar-refractivity contribution in [3.05, 3.63) is 40.7 Å². The van der Waals surface area contributed by atoms with Crippen molar-refractivity contribution in [2.45, 2.75) is 6.92 Å². The van der Waals surface area contributed by atoms with Crippen molar-refractivity contribution in [3.8, 4) is 17.0 Å². The molecule has 14 heavy (non-hydrogen) atoms. The van der Waals surface area contributed by atoms with Crippen LogP contribution in [0.2, 0.25) is 0 Å². The number of aromatic nitrogens is 1. The van der Waals surface area contributed by atoms with Crippen LogP contribution in [0.3, 0.4) is 0 Å². The van der Waals surface area contributed by atoms with Gasteiger partial charge in [-0.1, -0.05) is 18.2 Å². The van der Waals surface area contributed by atoms with E-state index in [-0.39, 0.29) is 5.56 Å². The quantitative estimate of drug-likeness (QED) is 0.783. The second-order valence-corrected chi connectivity index (χ2v) is 2.98. The van der Waals surface area contributed by atoms with Gasteiger partial charge in [-0.15, -0.1) is 0 Å². The summed E-state index contributed by atoms with van der Waals surface area (Å²) in [5, 5.41) is 0. The molecule has 1 N–H and O–H groups in total. The molecular weight excluding hydrogens is 178 g/mol. The monoisotopic (exact) mass is 189 g/mol. The SMILES string of the molecule is CCOc1ccccc2cc(=O)[nH]c1-2. The van der Waals surface area contributed by atoms with Crippen molar-refractivity contribution in [1.29, 1.82) is 0 Å². The molecule has 0 atom stereocenters. The highest BCUT2D eigenvalue weighted by Crippen LogP contribution is 2.26. The molecular formula is C11H11NO2. The Labute approximate surface area is 81.7 Å². The minimum Gasteiger partial charge on any atom is -0.492 e. The smallest absolute Gasteiger partial charge is 0.249 e. The van der Waals surface area contributed by atoms with E-state index in [2.05, 4.69) is 4.98 Å². The number of hydrogen-bond donors (Lipinski definition) is 1. The summed E-state index contributed by atoms with van der Waals surface area (Å²) in [6.07, 6.45) is 0. The largest absolute Gasteiger partial charge is 0.492 e. The summed E-state index contributed by atoms with van der Waals surface area (Å²) >= 11 is 0. The Balaban J connectivity index is 2.64. The van der Waals surface area contributed by atoms with Crippen LogP contribution in [0.25, 0.3) is 11.3 Å². The molecule has 0 aromatic carbocycles. The van der Waals surface area contributed by atoms with E-state index in [1.54, 1.807) is 6.07 Å². The van der Waals surface area contributed by atoms with Crippen LogP contribution in [-0.2, 0) is 0 Å². The van der Waals surface area contributed by atoms with Crippen molar-refractivity contribution in [2.75, 3.05) is 6.61 Å². The Bertz CT molecular complexity index is 461. The van der Waals surface area contributed by atoms with Crippen molar-refractivity contribution in [2.24, 2.45) is 0 Å². The van der Waals surface area contributed by atoms with Gasteiger partial charge in [0.2, 0.25) is 5.56 Å². The lowest BCUT2D eigenvalue weighted by Crippen LogP contribution is -1.96. The van der Waals surface area contributed by atoms with E-state index in [0.717, 1.165) is 17.0 Å². The molecule has 0 saturated carbocycles. The molecule has 72 valence electrons. The van der Waals surface area contributed by atoms with Crippen molar-refractivity contribution in [3.63, 3.8) is 0 Å². The van der Waals surface area contributed by atoms with Gasteiger partial charge in [0.25, 0.3) is 0 Å². The van der Waals surface area contributed by atoms with Crippen LogP contribution in [0.5, 0.6) is 5.75 Å². The first-order valence-corrected chi connectivity index (χ1v) is 4.56. The zero-order valence-corrected chi connectivity index (χ0v) is 7.91. The summed E-state index contributed by atoms with van der Waals surface area (Å²) in [5.74, 6) is 0.717. The molecule has 1 heterocycles. The fourth-order valence-corrected chi connectivity index (χ4v) is 1.44. The van der Waals surface area contributed by atoms with E-state index in [9.17, 15) is 4.79 Å². The maximum atomic E-state index is 11.1. The Morgan fingerprint density at radius 3 is 2.93 bits per heavy atom. The fraction of sp³-hybridized carbons (Fsp3) is 0.182. The Hall–Kier alpha value is -1.77. The molecule has 0 aromatic heterocycles. The average Bonchev–Trinajstić information content (AvgIpc) is 2.43. The molecule has 3 nitrogen and oxygen atoms in total. The van der Waals surface area contributed by atoms with Crippen LogP contribution in [0, 0.1) is 0 Å². The summed E-state index contributed by atoms with van der Waals surface area (Å²) in [6, 6.07) is 9.08. The molecule has 0 fully saturated rings. The first kappa shape index (κ1) is 8.81. The van der Waals surface area contributed by atoms with Crippen molar-refractivity contribution in [1.82, 2.24) is 4.98 Å². The van der Waals surface area contributed by atoms with Gasteiger partial charge in [-0.25, -0.2) is 0 Å². The lowest BCUT2D eigenvalue weighted by molar-refractivity contribution is 0.341. The molecule has 0 amide bonds. The Kier molecular flexibility index (Phi) is 2.23. The maximum Gasteiger partial charge on any atom is 0.249 e. The highest BCUT2D eigenvalue weighted by Gasteiger charge is 2.09. The normalized spacial score (nSPS) is 10.4. The van der Waals surface area contributed by atoms with Gasteiger partial charge in [0.1, 0.15) is 5.75 Å². The van der Waals surface area contributed by atoms with Crippen LogP contribution in [-0.4, -0.2) is 11.6 Å². The molecule has 0 radical (unpaired) electrons. The highest BCUT2D eigenvalue weighted by molar-refractivity contribution is 5.67. The number of nitrogens with one attached hydrogen (secondary N) is 1. The summed E-state index contributed by atoms with van der Waals surface area (Å²) in [6.45, 7) is 2.51. The third-order valence-corrected chi connectivity index (χ3v) is 2.00. The average molecular weight is 189 g/mol. The molecule has 0 spiro atoms. The second-order valence-electron chi connectivity index (χ2n) is 2.98. The minimum atomic E-state index is -0.0906. The van der Waals surface area contributed by atoms with E-state index in [4.69, 9.17) is 4.74 Å². The Morgan fingerprint density at radius 2 is 2.14 bits per heavy atom. The van der Waals surface area contributed by atoms with Crippen LogP contribution in [0.1, 0.15) is 6.92 Å². The molecule has 2 aliphatic rings. The van der Waals surface area contributed by atoms with E-state index >= 15 is 0 Å². The molecule has 0 unspecified atom stereocenters. The van der Waals surface area contributed by atoms with Gasteiger partial charge in [-0.05, 0) is 13.0 Å². The van der Waals surface area contributed by atoms with Crippen LogP contribution >= 0.6 is 0 Å². The van der Waals surface area contributed by atoms with Gasteiger partial charge in [0.05, 0.1) is 12.3 Å². The summed E-state index contributed by atoms with van der Waals surface area (Å²) < 4.78 is 5.42. The first-order valence-electron chi connectivity index (χ1n) is 4.56. The molecule has 0 aromatic rings. The summed E-state index contributed by atoms with van der Waals surface area (Å²) in [4.78, 5) is 13.9. The van der Waals surface area contributed by atoms with E-state index in [1.807, 2.05) is 31.2 Å². The van der Waals surface area contributed by atoms with E-state index in [1.165, 1.54) is 0 Å². The number of hydrogen-bond acceptors (Lipinski definition) is 2. The van der Waals surface area contributed by atoms with Crippen LogP contribution in [0.15, 0.2) is 35.1 Å². The van der Waals surface area contributed by atoms with Gasteiger partial charge >= 0.3 is 0 Å². The molecule has 3 heteroatoms. The standard InChI is InChI=1S/C11H11NO2/c1-2-14-9-6-4-3-5-8-7-10(13)12-11(8)9/h3-7H,2H2,1H3,(H,12,13). The summed E-state index contributed by atoms with van der Waals surface area (Å²) in [7, 11) is 0. The number of rotatable bonds is 2. The van der Waals surface area contributed by atoms with E-state index < -0.39 is 0 Å². The third kappa shape index (κ3) is 1.48. The predicted octanol–water partition coefficient (Wildman–Crippen LogP) is 1.88. The molecule has 1 aliphatic heterocycles. The van der Waals surface area contributed by atoms with Gasteiger partial charge in [0, 0.05) is 11.6 Å². The number of ether oxygens (including phenoxy) is 1. The number of H-pyrrole nitrogens is 1. The number of fused-ring (bicyclic) bond motifs is 1. The topological polar surface area (TPSA) is 42.1 Å². The van der Waals surface area contributed by atoms with Gasteiger partial charge in [-0.3, -0.25) is 4.79 Å². The molecule has 0 saturated heterocycles. The number of aromatic amines is 1.